The van der Waals surface area contributed by atoms with Crippen LogP contribution >= 0.6 is 22.7 Å². The second kappa shape index (κ2) is 13.3. The first-order chi connectivity index (χ1) is 16.0. The minimum atomic E-state index is -0.791. The van der Waals surface area contributed by atoms with E-state index in [4.69, 9.17) is 0 Å². The van der Waals surface area contributed by atoms with E-state index in [1.807, 2.05) is 0 Å². The molecule has 0 unspecified atom stereocenters. The van der Waals surface area contributed by atoms with Crippen molar-refractivity contribution in [3.63, 3.8) is 0 Å². The Labute approximate surface area is 201 Å². The number of rotatable bonds is 8. The summed E-state index contributed by atoms with van der Waals surface area (Å²) in [5.41, 5.74) is 0. The van der Waals surface area contributed by atoms with E-state index in [1.165, 1.54) is 0 Å². The van der Waals surface area contributed by atoms with Crippen LogP contribution in [0.1, 0.15) is 66.4 Å². The molecule has 2 rings (SSSR count). The quantitative estimate of drug-likeness (QED) is 0.295. The van der Waals surface area contributed by atoms with Crippen molar-refractivity contribution in [3.05, 3.63) is 19.5 Å². The van der Waals surface area contributed by atoms with Gasteiger partial charge in [0.05, 0.1) is 26.4 Å². The molecule has 0 spiro atoms. The van der Waals surface area contributed by atoms with Crippen molar-refractivity contribution in [2.75, 3.05) is 26.4 Å². The lowest BCUT2D eigenvalue weighted by atomic mass is 10.3. The molecule has 0 saturated carbocycles. The summed E-state index contributed by atoms with van der Waals surface area (Å²) in [6.45, 7) is 6.95. The number of esters is 4. The summed E-state index contributed by atoms with van der Waals surface area (Å²) in [5, 5.41) is 37.9. The average Bonchev–Trinajstić information content (AvgIpc) is 3.26. The van der Waals surface area contributed by atoms with E-state index in [2.05, 4.69) is 18.9 Å². The molecule has 0 atom stereocenters. The third-order valence-corrected chi connectivity index (χ3v) is 5.82. The lowest BCUT2D eigenvalue weighted by Gasteiger charge is -1.97. The van der Waals surface area contributed by atoms with Crippen LogP contribution in [-0.2, 0) is 18.9 Å². The van der Waals surface area contributed by atoms with Gasteiger partial charge >= 0.3 is 23.9 Å². The van der Waals surface area contributed by atoms with Gasteiger partial charge in [-0.3, -0.25) is 0 Å². The van der Waals surface area contributed by atoms with Gasteiger partial charge in [-0.15, -0.1) is 22.7 Å². The summed E-state index contributed by atoms with van der Waals surface area (Å²) < 4.78 is 18.7. The molecule has 0 aromatic carbocycles. The summed E-state index contributed by atoms with van der Waals surface area (Å²) in [6, 6.07) is 0. The zero-order valence-electron chi connectivity index (χ0n) is 18.7. The van der Waals surface area contributed by atoms with Crippen LogP contribution < -0.4 is 0 Å². The van der Waals surface area contributed by atoms with Crippen LogP contribution in [0.15, 0.2) is 0 Å². The Morgan fingerprint density at radius 3 is 0.824 bits per heavy atom. The Hall–Kier alpha value is -3.52. The highest BCUT2D eigenvalue weighted by Crippen LogP contribution is 2.42. The van der Waals surface area contributed by atoms with E-state index in [0.717, 1.165) is 0 Å². The standard InChI is InChI=1S/2C10H12O6S/c2*1-3-15-9(13)7-5(11)6(12)8(17-7)10(14)16-4-2/h2*11-12H,3-4H2,1-2H3. The van der Waals surface area contributed by atoms with Crippen LogP contribution in [0.5, 0.6) is 23.0 Å². The molecule has 0 saturated heterocycles. The predicted octanol–water partition coefficient (Wildman–Crippen LogP) is 3.03. The van der Waals surface area contributed by atoms with Crippen molar-refractivity contribution in [1.29, 1.82) is 0 Å². The number of hydrogen-bond donors (Lipinski definition) is 4. The SMILES string of the molecule is CCOC(=O)c1sc(C(=O)OCC)c(O)c1O.CCOC(=O)c1sc(C(=O)OCC)c(O)c1O. The van der Waals surface area contributed by atoms with Gasteiger partial charge in [0.15, 0.2) is 42.5 Å². The highest BCUT2D eigenvalue weighted by molar-refractivity contribution is 7.17. The molecule has 0 radical (unpaired) electrons. The van der Waals surface area contributed by atoms with Crippen LogP contribution in [0.3, 0.4) is 0 Å². The lowest BCUT2D eigenvalue weighted by Crippen LogP contribution is -2.03. The molecule has 2 aromatic heterocycles. The fraction of sp³-hybridized carbons (Fsp3) is 0.400. The molecule has 0 aliphatic heterocycles. The third-order valence-electron chi connectivity index (χ3n) is 3.56. The molecule has 12 nitrogen and oxygen atoms in total. The van der Waals surface area contributed by atoms with Crippen LogP contribution in [0.2, 0.25) is 0 Å². The van der Waals surface area contributed by atoms with Gasteiger partial charge in [0.25, 0.3) is 0 Å². The smallest absolute Gasteiger partial charge is 0.352 e. The zero-order chi connectivity index (χ0) is 26.0. The molecule has 0 fully saturated rings. The van der Waals surface area contributed by atoms with Crippen molar-refractivity contribution >= 4 is 46.6 Å². The average molecular weight is 521 g/mol. The largest absolute Gasteiger partial charge is 0.503 e. The van der Waals surface area contributed by atoms with E-state index >= 15 is 0 Å². The van der Waals surface area contributed by atoms with Crippen LogP contribution in [-0.4, -0.2) is 70.7 Å². The first-order valence-corrected chi connectivity index (χ1v) is 11.5. The molecular weight excluding hydrogens is 496 g/mol. The molecule has 0 bridgehead atoms. The van der Waals surface area contributed by atoms with Crippen molar-refractivity contribution in [2.24, 2.45) is 0 Å². The molecule has 34 heavy (non-hydrogen) atoms. The van der Waals surface area contributed by atoms with Crippen LogP contribution in [0.4, 0.5) is 0 Å². The topological polar surface area (TPSA) is 186 Å². The summed E-state index contributed by atoms with van der Waals surface area (Å²) in [7, 11) is 0. The Bertz CT molecular complexity index is 878. The first kappa shape index (κ1) is 28.5. The van der Waals surface area contributed by atoms with E-state index in [-0.39, 0.29) is 45.9 Å². The Kier molecular flexibility index (Phi) is 11.1. The maximum absolute atomic E-state index is 11.4. The highest BCUT2D eigenvalue weighted by atomic mass is 32.1. The van der Waals surface area contributed by atoms with Gasteiger partial charge in [0, 0.05) is 0 Å². The van der Waals surface area contributed by atoms with Gasteiger partial charge in [-0.05, 0) is 27.7 Å². The third kappa shape index (κ3) is 6.74. The lowest BCUT2D eigenvalue weighted by molar-refractivity contribution is 0.0518. The minimum absolute atomic E-state index is 0.131. The molecule has 2 heterocycles. The van der Waals surface area contributed by atoms with E-state index in [0.29, 0.717) is 22.7 Å². The molecule has 0 amide bonds. The highest BCUT2D eigenvalue weighted by Gasteiger charge is 2.28. The summed E-state index contributed by atoms with van der Waals surface area (Å²) >= 11 is 1.27. The van der Waals surface area contributed by atoms with Crippen molar-refractivity contribution < 1.29 is 58.6 Å². The molecule has 188 valence electrons. The Morgan fingerprint density at radius 1 is 0.500 bits per heavy atom. The maximum atomic E-state index is 11.4. The number of carbonyl (C=O) groups is 4. The van der Waals surface area contributed by atoms with Crippen molar-refractivity contribution in [2.45, 2.75) is 27.7 Å². The number of hydrogen-bond acceptors (Lipinski definition) is 14. The van der Waals surface area contributed by atoms with Gasteiger partial charge < -0.3 is 39.4 Å². The summed E-state index contributed by atoms with van der Waals surface area (Å²) in [4.78, 5) is 44.6. The second-order valence-corrected chi connectivity index (χ2v) is 7.84. The minimum Gasteiger partial charge on any atom is -0.503 e. The van der Waals surface area contributed by atoms with Gasteiger partial charge in [0.2, 0.25) is 0 Å². The normalized spacial score (nSPS) is 10.0. The van der Waals surface area contributed by atoms with Crippen molar-refractivity contribution in [3.8, 4) is 23.0 Å². The summed E-state index contributed by atoms with van der Waals surface area (Å²) in [6.07, 6.45) is 0. The van der Waals surface area contributed by atoms with Crippen LogP contribution in [0.25, 0.3) is 0 Å². The van der Waals surface area contributed by atoms with Crippen molar-refractivity contribution in [1.82, 2.24) is 0 Å². The van der Waals surface area contributed by atoms with E-state index < -0.39 is 46.9 Å². The van der Waals surface area contributed by atoms with E-state index in [9.17, 15) is 39.6 Å². The first-order valence-electron chi connectivity index (χ1n) is 9.83. The number of thiophene rings is 2. The Balaban J connectivity index is 0.000000340. The number of ether oxygens (including phenoxy) is 4. The molecule has 0 aliphatic rings. The summed E-state index contributed by atoms with van der Waals surface area (Å²) in [5.74, 6) is -5.79. The fourth-order valence-electron chi connectivity index (χ4n) is 2.17. The van der Waals surface area contributed by atoms with E-state index in [1.54, 1.807) is 27.7 Å². The van der Waals surface area contributed by atoms with Gasteiger partial charge in [-0.1, -0.05) is 0 Å². The molecule has 4 N–H and O–H groups in total. The van der Waals surface area contributed by atoms with Crippen LogP contribution in [0, 0.1) is 0 Å². The maximum Gasteiger partial charge on any atom is 0.352 e. The molecule has 14 heteroatoms. The van der Waals surface area contributed by atoms with Gasteiger partial charge in [-0.2, -0.15) is 0 Å². The fourth-order valence-corrected chi connectivity index (χ4v) is 3.92. The second-order valence-electron chi connectivity index (χ2n) is 5.80. The molecule has 2 aromatic rings. The number of carbonyl (C=O) groups excluding carboxylic acids is 4. The zero-order valence-corrected chi connectivity index (χ0v) is 20.3. The molecular formula is C20H24O12S2. The van der Waals surface area contributed by atoms with Gasteiger partial charge in [-0.25, -0.2) is 19.2 Å². The monoisotopic (exact) mass is 520 g/mol. The molecule has 0 aliphatic carbocycles. The Morgan fingerprint density at radius 2 is 0.676 bits per heavy atom. The van der Waals surface area contributed by atoms with Gasteiger partial charge in [0.1, 0.15) is 0 Å². The number of aromatic hydroxyl groups is 4. The predicted molar refractivity (Wildman–Crippen MR) is 119 cm³/mol.